The first-order valence-corrected chi connectivity index (χ1v) is 17.7. The number of ether oxygens (including phenoxy) is 1. The monoisotopic (exact) mass is 734 g/mol. The highest BCUT2D eigenvalue weighted by Gasteiger charge is 2.40. The zero-order chi connectivity index (χ0) is 38.2. The summed E-state index contributed by atoms with van der Waals surface area (Å²) in [5.41, 5.74) is 0.0689. The molecule has 5 aromatic rings. The fourth-order valence-electron chi connectivity index (χ4n) is 6.64. The molecule has 280 valence electrons. The second-order valence-corrected chi connectivity index (χ2v) is 13.3. The van der Waals surface area contributed by atoms with Crippen LogP contribution in [0.2, 0.25) is 0 Å². The first-order chi connectivity index (χ1) is 26.0. The topological polar surface area (TPSA) is 202 Å². The third-order valence-electron chi connectivity index (χ3n) is 9.71. The third kappa shape index (κ3) is 8.60. The summed E-state index contributed by atoms with van der Waals surface area (Å²) in [6.45, 7) is 1.44. The number of aromatic hydroxyl groups is 1. The number of aliphatic hydroxyl groups is 2. The number of hydrogen-bond acceptors (Lipinski definition) is 9. The number of carbonyl (C=O) groups is 3. The van der Waals surface area contributed by atoms with Crippen LogP contribution in [0.15, 0.2) is 108 Å². The SMILES string of the molecule is O=C(NC1CCN(C(=O)COc2cccc([C@](O)(C(=O)O)c3ccccc3)c2)CC1)c1ccc(CCNC[C@H](O)c2ccc(O)c3[nH]c(=O)ccc23)cc1. The molecule has 7 N–H and O–H groups in total. The molecule has 0 bridgehead atoms. The maximum absolute atomic E-state index is 13.0. The highest BCUT2D eigenvalue weighted by Crippen LogP contribution is 2.32. The normalized spacial score (nSPS) is 15.0. The Hall–Kier alpha value is -6.02. The molecule has 0 unspecified atom stereocenters. The maximum atomic E-state index is 13.0. The fraction of sp³-hybridized carbons (Fsp3) is 0.268. The van der Waals surface area contributed by atoms with Gasteiger partial charge in [0.25, 0.3) is 11.8 Å². The number of aromatic nitrogens is 1. The molecule has 54 heavy (non-hydrogen) atoms. The summed E-state index contributed by atoms with van der Waals surface area (Å²) in [4.78, 5) is 54.0. The van der Waals surface area contributed by atoms with E-state index >= 15 is 0 Å². The molecule has 1 fully saturated rings. The van der Waals surface area contributed by atoms with E-state index in [0.717, 1.165) is 5.56 Å². The van der Waals surface area contributed by atoms with E-state index in [4.69, 9.17) is 4.74 Å². The minimum Gasteiger partial charge on any atom is -0.506 e. The van der Waals surface area contributed by atoms with Gasteiger partial charge in [-0.05, 0) is 78.9 Å². The number of aliphatic carboxylic acids is 1. The van der Waals surface area contributed by atoms with Crippen molar-refractivity contribution >= 4 is 28.7 Å². The van der Waals surface area contributed by atoms with Crippen molar-refractivity contribution in [1.82, 2.24) is 20.5 Å². The molecular weight excluding hydrogens is 692 g/mol. The average Bonchev–Trinajstić information content (AvgIpc) is 3.19. The van der Waals surface area contributed by atoms with E-state index in [-0.39, 0.29) is 64.7 Å². The number of carbonyl (C=O) groups excluding carboxylic acids is 2. The summed E-state index contributed by atoms with van der Waals surface area (Å²) >= 11 is 0. The molecule has 1 aromatic heterocycles. The number of H-pyrrole nitrogens is 1. The fourth-order valence-corrected chi connectivity index (χ4v) is 6.64. The van der Waals surface area contributed by atoms with Crippen LogP contribution < -0.4 is 20.9 Å². The Morgan fingerprint density at radius 1 is 0.907 bits per heavy atom. The van der Waals surface area contributed by atoms with Gasteiger partial charge in [-0.3, -0.25) is 14.4 Å². The Labute approximate surface area is 310 Å². The predicted octanol–water partition coefficient (Wildman–Crippen LogP) is 3.22. The smallest absolute Gasteiger partial charge is 0.345 e. The van der Waals surface area contributed by atoms with E-state index in [2.05, 4.69) is 15.6 Å². The van der Waals surface area contributed by atoms with Crippen LogP contribution in [0.1, 0.15) is 51.6 Å². The number of nitrogens with zero attached hydrogens (tertiary/aromatic N) is 1. The van der Waals surface area contributed by atoms with Crippen LogP contribution in [0, 0.1) is 0 Å². The summed E-state index contributed by atoms with van der Waals surface area (Å²) in [7, 11) is 0. The number of hydrogen-bond donors (Lipinski definition) is 7. The van der Waals surface area contributed by atoms with Crippen molar-refractivity contribution in [2.45, 2.75) is 37.0 Å². The van der Waals surface area contributed by atoms with Gasteiger partial charge in [0.2, 0.25) is 11.2 Å². The van der Waals surface area contributed by atoms with Crippen molar-refractivity contribution in [2.75, 3.05) is 32.8 Å². The number of amides is 2. The number of phenols is 1. The predicted molar refractivity (Wildman–Crippen MR) is 200 cm³/mol. The van der Waals surface area contributed by atoms with Gasteiger partial charge in [-0.2, -0.15) is 0 Å². The number of rotatable bonds is 14. The molecule has 0 spiro atoms. The minimum atomic E-state index is -2.29. The van der Waals surface area contributed by atoms with E-state index in [0.29, 0.717) is 55.4 Å². The molecule has 13 heteroatoms. The number of fused-ring (bicyclic) bond motifs is 1. The van der Waals surface area contributed by atoms with E-state index in [1.54, 1.807) is 59.5 Å². The van der Waals surface area contributed by atoms with Crippen LogP contribution in [-0.2, 0) is 21.6 Å². The zero-order valence-corrected chi connectivity index (χ0v) is 29.4. The number of piperidine rings is 1. The molecule has 13 nitrogen and oxygen atoms in total. The Bertz CT molecular complexity index is 2170. The number of aliphatic hydroxyl groups excluding tert-OH is 1. The van der Waals surface area contributed by atoms with E-state index in [1.165, 1.54) is 36.4 Å². The first kappa shape index (κ1) is 37.7. The lowest BCUT2D eigenvalue weighted by Gasteiger charge is -2.32. The molecular formula is C41H42N4O9. The van der Waals surface area contributed by atoms with Crippen LogP contribution in [0.4, 0.5) is 0 Å². The van der Waals surface area contributed by atoms with Crippen molar-refractivity contribution in [1.29, 1.82) is 0 Å². The number of benzene rings is 4. The van der Waals surface area contributed by atoms with Gasteiger partial charge in [-0.25, -0.2) is 4.79 Å². The standard InChI is InChI=1S/C41H42N4O9/c46-34-15-13-32(33-14-16-36(48)44-38(33)34)35(47)24-42-20-17-26-9-11-27(12-10-26)39(50)43-30-18-21-45(22-19-30)37(49)25-54-31-8-4-7-29(23-31)41(53,40(51)52)28-5-2-1-3-6-28/h1-16,23,30,35,42,46-47,53H,17-22,24-25H2,(H,43,50)(H,44,48)(H,51,52)/t35-,41-/m0/s1. The number of pyridine rings is 1. The Morgan fingerprint density at radius 3 is 2.35 bits per heavy atom. The number of phenolic OH excluding ortho intramolecular Hbond substituents is 1. The summed E-state index contributed by atoms with van der Waals surface area (Å²) < 4.78 is 5.71. The largest absolute Gasteiger partial charge is 0.506 e. The number of carboxylic acid groups (broad SMARTS) is 1. The van der Waals surface area contributed by atoms with Gasteiger partial charge in [-0.1, -0.05) is 60.7 Å². The molecule has 1 aliphatic heterocycles. The first-order valence-electron chi connectivity index (χ1n) is 17.7. The van der Waals surface area contributed by atoms with Crippen LogP contribution in [0.5, 0.6) is 11.5 Å². The van der Waals surface area contributed by atoms with Crippen LogP contribution in [0.3, 0.4) is 0 Å². The Balaban J connectivity index is 0.921. The van der Waals surface area contributed by atoms with E-state index in [9.17, 15) is 39.6 Å². The highest BCUT2D eigenvalue weighted by molar-refractivity contribution is 5.94. The summed E-state index contributed by atoms with van der Waals surface area (Å²) in [5, 5.41) is 48.7. The average molecular weight is 735 g/mol. The Morgan fingerprint density at radius 2 is 1.63 bits per heavy atom. The van der Waals surface area contributed by atoms with Crippen molar-refractivity contribution in [3.63, 3.8) is 0 Å². The number of likely N-dealkylation sites (tertiary alicyclic amines) is 1. The summed E-state index contributed by atoms with van der Waals surface area (Å²) in [6, 6.07) is 27.3. The minimum absolute atomic E-state index is 0.0642. The van der Waals surface area contributed by atoms with Gasteiger partial charge in [0.1, 0.15) is 11.5 Å². The lowest BCUT2D eigenvalue weighted by molar-refractivity contribution is -0.155. The lowest BCUT2D eigenvalue weighted by Crippen LogP contribution is -2.47. The molecule has 4 aromatic carbocycles. The van der Waals surface area contributed by atoms with E-state index in [1.807, 2.05) is 12.1 Å². The molecule has 0 radical (unpaired) electrons. The molecule has 0 saturated carbocycles. The van der Waals surface area contributed by atoms with Gasteiger partial charge in [-0.15, -0.1) is 0 Å². The number of aromatic amines is 1. The molecule has 2 atom stereocenters. The molecule has 2 amide bonds. The van der Waals surface area contributed by atoms with Crippen molar-refractivity contribution in [2.24, 2.45) is 0 Å². The van der Waals surface area contributed by atoms with Crippen LogP contribution in [0.25, 0.3) is 10.9 Å². The second kappa shape index (κ2) is 16.8. The summed E-state index contributed by atoms with van der Waals surface area (Å²) in [5.74, 6) is -1.69. The molecule has 6 rings (SSSR count). The van der Waals surface area contributed by atoms with Crippen molar-refractivity contribution in [3.05, 3.63) is 141 Å². The van der Waals surface area contributed by atoms with Gasteiger partial charge < -0.3 is 45.7 Å². The maximum Gasteiger partial charge on any atom is 0.345 e. The van der Waals surface area contributed by atoms with Crippen LogP contribution in [-0.4, -0.2) is 86.9 Å². The van der Waals surface area contributed by atoms with Gasteiger partial charge in [0, 0.05) is 48.3 Å². The third-order valence-corrected chi connectivity index (χ3v) is 9.71. The van der Waals surface area contributed by atoms with Crippen molar-refractivity contribution in [3.8, 4) is 11.5 Å². The zero-order valence-electron chi connectivity index (χ0n) is 29.4. The molecule has 2 heterocycles. The van der Waals surface area contributed by atoms with Crippen LogP contribution >= 0.6 is 0 Å². The van der Waals surface area contributed by atoms with E-state index < -0.39 is 17.7 Å². The number of carboxylic acids is 1. The molecule has 1 aliphatic rings. The quantitative estimate of drug-likeness (QED) is 0.0831. The lowest BCUT2D eigenvalue weighted by atomic mass is 9.86. The van der Waals surface area contributed by atoms with Crippen molar-refractivity contribution < 1.29 is 39.5 Å². The summed E-state index contributed by atoms with van der Waals surface area (Å²) in [6.07, 6.45) is 0.951. The number of nitrogens with one attached hydrogen (secondary N) is 3. The van der Waals surface area contributed by atoms with Gasteiger partial charge in [0.15, 0.2) is 6.61 Å². The van der Waals surface area contributed by atoms with Gasteiger partial charge in [0.05, 0.1) is 11.6 Å². The molecule has 1 saturated heterocycles. The Kier molecular flexibility index (Phi) is 11.7. The van der Waals surface area contributed by atoms with Gasteiger partial charge >= 0.3 is 5.97 Å². The molecule has 0 aliphatic carbocycles. The second-order valence-electron chi connectivity index (χ2n) is 13.3. The highest BCUT2D eigenvalue weighted by atomic mass is 16.5.